The first-order valence-electron chi connectivity index (χ1n) is 5.36. The van der Waals surface area contributed by atoms with Gasteiger partial charge in [-0.1, -0.05) is 0 Å². The zero-order valence-electron chi connectivity index (χ0n) is 10.2. The van der Waals surface area contributed by atoms with Gasteiger partial charge in [-0.2, -0.15) is 10.4 Å². The third-order valence-electron chi connectivity index (χ3n) is 2.47. The molecule has 2 rings (SSSR count). The summed E-state index contributed by atoms with van der Waals surface area (Å²) in [5.41, 5.74) is 7.76. The van der Waals surface area contributed by atoms with E-state index in [1.807, 2.05) is 13.0 Å². The summed E-state index contributed by atoms with van der Waals surface area (Å²) in [6, 6.07) is 3.62. The summed E-state index contributed by atoms with van der Waals surface area (Å²) >= 11 is 0. The Balaban J connectivity index is 2.13. The molecule has 0 radical (unpaired) electrons. The molecule has 0 aliphatic heterocycles. The zero-order valence-corrected chi connectivity index (χ0v) is 10.2. The SMILES string of the molecule is Cc1cc(C#N)nc(NCc2cnn(C)c2N)n1. The molecule has 0 fully saturated rings. The van der Waals surface area contributed by atoms with Gasteiger partial charge in [0.1, 0.15) is 17.6 Å². The van der Waals surface area contributed by atoms with Crippen molar-refractivity contribution in [2.24, 2.45) is 7.05 Å². The van der Waals surface area contributed by atoms with Crippen LogP contribution in [0.25, 0.3) is 0 Å². The molecule has 2 heterocycles. The largest absolute Gasteiger partial charge is 0.384 e. The molecule has 2 aromatic rings. The van der Waals surface area contributed by atoms with E-state index < -0.39 is 0 Å². The molecule has 0 saturated heterocycles. The summed E-state index contributed by atoms with van der Waals surface area (Å²) in [7, 11) is 1.77. The summed E-state index contributed by atoms with van der Waals surface area (Å²) in [6.45, 7) is 2.28. The van der Waals surface area contributed by atoms with Gasteiger partial charge < -0.3 is 11.1 Å². The summed E-state index contributed by atoms with van der Waals surface area (Å²) in [6.07, 6.45) is 1.68. The summed E-state index contributed by atoms with van der Waals surface area (Å²) in [5.74, 6) is 1.01. The second-order valence-corrected chi connectivity index (χ2v) is 3.86. The quantitative estimate of drug-likeness (QED) is 0.817. The third kappa shape index (κ3) is 2.38. The first-order valence-corrected chi connectivity index (χ1v) is 5.36. The van der Waals surface area contributed by atoms with Crippen LogP contribution in [0.1, 0.15) is 17.0 Å². The van der Waals surface area contributed by atoms with E-state index in [4.69, 9.17) is 11.0 Å². The molecule has 0 amide bonds. The maximum Gasteiger partial charge on any atom is 0.224 e. The van der Waals surface area contributed by atoms with Gasteiger partial charge in [-0.25, -0.2) is 9.97 Å². The average Bonchev–Trinajstić information content (AvgIpc) is 2.67. The number of hydrogen-bond acceptors (Lipinski definition) is 6. The van der Waals surface area contributed by atoms with E-state index >= 15 is 0 Å². The second kappa shape index (κ2) is 4.71. The Hall–Kier alpha value is -2.62. The van der Waals surface area contributed by atoms with Gasteiger partial charge >= 0.3 is 0 Å². The molecule has 2 aromatic heterocycles. The average molecular weight is 243 g/mol. The summed E-state index contributed by atoms with van der Waals surface area (Å²) < 4.78 is 1.59. The highest BCUT2D eigenvalue weighted by Gasteiger charge is 2.06. The number of rotatable bonds is 3. The standard InChI is InChI=1S/C11H13N7/c1-7-3-9(4-12)17-11(16-7)14-5-8-6-15-18(2)10(8)13/h3,6H,5,13H2,1-2H3,(H,14,16,17). The monoisotopic (exact) mass is 243 g/mol. The number of nitriles is 1. The lowest BCUT2D eigenvalue weighted by molar-refractivity contribution is 0.778. The van der Waals surface area contributed by atoms with Crippen molar-refractivity contribution in [3.05, 3.63) is 29.2 Å². The molecular formula is C11H13N7. The minimum Gasteiger partial charge on any atom is -0.384 e. The smallest absolute Gasteiger partial charge is 0.224 e. The van der Waals surface area contributed by atoms with Crippen LogP contribution >= 0.6 is 0 Å². The van der Waals surface area contributed by atoms with Crippen LogP contribution in [0.5, 0.6) is 0 Å². The van der Waals surface area contributed by atoms with Crippen molar-refractivity contribution >= 4 is 11.8 Å². The summed E-state index contributed by atoms with van der Waals surface area (Å²) in [5, 5.41) is 15.9. The molecular weight excluding hydrogens is 230 g/mol. The van der Waals surface area contributed by atoms with Gasteiger partial charge in [0.25, 0.3) is 0 Å². The van der Waals surface area contributed by atoms with E-state index in [-0.39, 0.29) is 0 Å². The maximum absolute atomic E-state index is 8.82. The fraction of sp³-hybridized carbons (Fsp3) is 0.273. The van der Waals surface area contributed by atoms with Crippen molar-refractivity contribution in [2.45, 2.75) is 13.5 Å². The van der Waals surface area contributed by atoms with E-state index in [2.05, 4.69) is 20.4 Å². The number of aromatic nitrogens is 4. The normalized spacial score (nSPS) is 10.1. The molecule has 0 aliphatic rings. The third-order valence-corrected chi connectivity index (χ3v) is 2.47. The predicted molar refractivity (Wildman–Crippen MR) is 66.4 cm³/mol. The van der Waals surface area contributed by atoms with Crippen molar-refractivity contribution < 1.29 is 0 Å². The van der Waals surface area contributed by atoms with E-state index in [0.29, 0.717) is 24.0 Å². The zero-order chi connectivity index (χ0) is 13.1. The van der Waals surface area contributed by atoms with Crippen LogP contribution in [0.15, 0.2) is 12.3 Å². The molecule has 0 bridgehead atoms. The lowest BCUT2D eigenvalue weighted by atomic mass is 10.3. The summed E-state index contributed by atoms with van der Waals surface area (Å²) in [4.78, 5) is 8.24. The Morgan fingerprint density at radius 2 is 2.28 bits per heavy atom. The minimum absolute atomic E-state index is 0.337. The highest BCUT2D eigenvalue weighted by atomic mass is 15.3. The lowest BCUT2D eigenvalue weighted by Crippen LogP contribution is -2.07. The number of nitrogen functional groups attached to an aromatic ring is 1. The molecule has 18 heavy (non-hydrogen) atoms. The van der Waals surface area contributed by atoms with Gasteiger partial charge in [0.05, 0.1) is 6.20 Å². The van der Waals surface area contributed by atoms with Crippen LogP contribution in [0, 0.1) is 18.3 Å². The number of aryl methyl sites for hydroxylation is 2. The van der Waals surface area contributed by atoms with E-state index in [0.717, 1.165) is 11.3 Å². The predicted octanol–water partition coefficient (Wildman–Crippen LogP) is 0.584. The molecule has 0 spiro atoms. The van der Waals surface area contributed by atoms with Crippen molar-refractivity contribution in [1.82, 2.24) is 19.7 Å². The number of nitrogens with zero attached hydrogens (tertiary/aromatic N) is 5. The first-order chi connectivity index (χ1) is 8.60. The Morgan fingerprint density at radius 1 is 1.50 bits per heavy atom. The number of hydrogen-bond donors (Lipinski definition) is 2. The second-order valence-electron chi connectivity index (χ2n) is 3.86. The molecule has 0 unspecified atom stereocenters. The van der Waals surface area contributed by atoms with Crippen LogP contribution < -0.4 is 11.1 Å². The highest BCUT2D eigenvalue weighted by Crippen LogP contribution is 2.11. The molecule has 0 saturated carbocycles. The Kier molecular flexibility index (Phi) is 3.10. The molecule has 3 N–H and O–H groups in total. The topological polar surface area (TPSA) is 105 Å². The molecule has 0 aliphatic carbocycles. The Bertz CT molecular complexity index is 608. The van der Waals surface area contributed by atoms with E-state index in [9.17, 15) is 0 Å². The van der Waals surface area contributed by atoms with Crippen molar-refractivity contribution in [1.29, 1.82) is 5.26 Å². The van der Waals surface area contributed by atoms with E-state index in [1.165, 1.54) is 0 Å². The fourth-order valence-corrected chi connectivity index (χ4v) is 1.51. The van der Waals surface area contributed by atoms with Crippen molar-refractivity contribution in [2.75, 3.05) is 11.1 Å². The van der Waals surface area contributed by atoms with Crippen LogP contribution in [0.2, 0.25) is 0 Å². The number of nitrogens with one attached hydrogen (secondary N) is 1. The van der Waals surface area contributed by atoms with Gasteiger partial charge in [0, 0.05) is 24.8 Å². The van der Waals surface area contributed by atoms with Crippen LogP contribution in [-0.4, -0.2) is 19.7 Å². The molecule has 0 aromatic carbocycles. The van der Waals surface area contributed by atoms with Gasteiger partial charge in [-0.15, -0.1) is 0 Å². The van der Waals surface area contributed by atoms with Crippen LogP contribution in [0.4, 0.5) is 11.8 Å². The van der Waals surface area contributed by atoms with Crippen LogP contribution in [-0.2, 0) is 13.6 Å². The first kappa shape index (κ1) is 11.9. The maximum atomic E-state index is 8.82. The fourth-order valence-electron chi connectivity index (χ4n) is 1.51. The van der Waals surface area contributed by atoms with Crippen molar-refractivity contribution in [3.63, 3.8) is 0 Å². The molecule has 7 nitrogen and oxygen atoms in total. The molecule has 0 atom stereocenters. The minimum atomic E-state index is 0.337. The van der Waals surface area contributed by atoms with Gasteiger partial charge in [0.2, 0.25) is 5.95 Å². The Labute approximate surface area is 104 Å². The highest BCUT2D eigenvalue weighted by molar-refractivity contribution is 5.41. The van der Waals surface area contributed by atoms with E-state index in [1.54, 1.807) is 24.0 Å². The number of anilines is 2. The lowest BCUT2D eigenvalue weighted by Gasteiger charge is -2.05. The number of nitrogens with two attached hydrogens (primary N) is 1. The Morgan fingerprint density at radius 3 is 2.89 bits per heavy atom. The molecule has 7 heteroatoms. The molecule has 92 valence electrons. The van der Waals surface area contributed by atoms with Crippen LogP contribution in [0.3, 0.4) is 0 Å². The van der Waals surface area contributed by atoms with Gasteiger partial charge in [0.15, 0.2) is 0 Å². The van der Waals surface area contributed by atoms with Gasteiger partial charge in [-0.3, -0.25) is 4.68 Å². The van der Waals surface area contributed by atoms with Gasteiger partial charge in [-0.05, 0) is 13.0 Å². The van der Waals surface area contributed by atoms with Crippen molar-refractivity contribution in [3.8, 4) is 6.07 Å².